The Hall–Kier alpha value is -2.32. The molecular weight excluding hydrogens is 359 g/mol. The predicted octanol–water partition coefficient (Wildman–Crippen LogP) is 3.25. The number of carbonyl (C=O) groups excluding carboxylic acids is 1. The standard InChI is InChI=1S/C15H14ClFN2O4S/c1-9(20)18-14-6-4-11(8-15(14)23-2)24(21,22)19-13-5-3-10(16)7-12(13)17/h3-8,19H,1-2H3,(H,18,20). The Kier molecular flexibility index (Phi) is 5.30. The minimum absolute atomic E-state index is 0.150. The highest BCUT2D eigenvalue weighted by Crippen LogP contribution is 2.29. The molecule has 0 radical (unpaired) electrons. The second kappa shape index (κ2) is 7.06. The summed E-state index contributed by atoms with van der Waals surface area (Å²) in [5, 5.41) is 2.66. The van der Waals surface area contributed by atoms with Crippen molar-refractivity contribution in [3.63, 3.8) is 0 Å². The number of anilines is 2. The van der Waals surface area contributed by atoms with Gasteiger partial charge in [0.1, 0.15) is 11.6 Å². The fourth-order valence-corrected chi connectivity index (χ4v) is 3.15. The molecule has 9 heteroatoms. The number of ether oxygens (including phenoxy) is 1. The number of amides is 1. The van der Waals surface area contributed by atoms with Crippen molar-refractivity contribution in [3.8, 4) is 5.75 Å². The lowest BCUT2D eigenvalue weighted by atomic mass is 10.3. The number of nitrogens with one attached hydrogen (secondary N) is 2. The smallest absolute Gasteiger partial charge is 0.262 e. The largest absolute Gasteiger partial charge is 0.495 e. The highest BCUT2D eigenvalue weighted by molar-refractivity contribution is 7.92. The average molecular weight is 373 g/mol. The van der Waals surface area contributed by atoms with Crippen molar-refractivity contribution >= 4 is 38.9 Å². The van der Waals surface area contributed by atoms with Crippen LogP contribution in [-0.4, -0.2) is 21.4 Å². The van der Waals surface area contributed by atoms with E-state index in [1.165, 1.54) is 44.4 Å². The molecule has 0 atom stereocenters. The Bertz CT molecular complexity index is 887. The Morgan fingerprint density at radius 3 is 2.42 bits per heavy atom. The molecule has 2 rings (SSSR count). The van der Waals surface area contributed by atoms with Crippen LogP contribution in [0.15, 0.2) is 41.3 Å². The zero-order valence-electron chi connectivity index (χ0n) is 12.8. The number of sulfonamides is 1. The SMILES string of the molecule is COc1cc(S(=O)(=O)Nc2ccc(Cl)cc2F)ccc1NC(C)=O. The van der Waals surface area contributed by atoms with E-state index in [1.54, 1.807) is 0 Å². The number of hydrogen-bond donors (Lipinski definition) is 2. The first-order valence-electron chi connectivity index (χ1n) is 6.66. The third kappa shape index (κ3) is 4.15. The first-order valence-corrected chi connectivity index (χ1v) is 8.52. The molecule has 0 heterocycles. The van der Waals surface area contributed by atoms with Gasteiger partial charge in [0.05, 0.1) is 23.4 Å². The Labute approximate surface area is 143 Å². The van der Waals surface area contributed by atoms with Crippen LogP contribution in [0.5, 0.6) is 5.75 Å². The Morgan fingerprint density at radius 2 is 1.83 bits per heavy atom. The molecule has 0 saturated carbocycles. The van der Waals surface area contributed by atoms with Crippen LogP contribution >= 0.6 is 11.6 Å². The molecule has 0 aliphatic rings. The number of carbonyl (C=O) groups is 1. The molecule has 0 spiro atoms. The van der Waals surface area contributed by atoms with Gasteiger partial charge in [0.2, 0.25) is 5.91 Å². The summed E-state index contributed by atoms with van der Waals surface area (Å²) in [6.45, 7) is 1.31. The topological polar surface area (TPSA) is 84.5 Å². The van der Waals surface area contributed by atoms with Crippen LogP contribution in [-0.2, 0) is 14.8 Å². The summed E-state index contributed by atoms with van der Waals surface area (Å²) in [6, 6.07) is 7.46. The maximum absolute atomic E-state index is 13.8. The van der Waals surface area contributed by atoms with E-state index in [-0.39, 0.29) is 27.3 Å². The summed E-state index contributed by atoms with van der Waals surface area (Å²) in [5.74, 6) is -0.970. The quantitative estimate of drug-likeness (QED) is 0.843. The number of rotatable bonds is 5. The van der Waals surface area contributed by atoms with Gasteiger partial charge in [-0.2, -0.15) is 0 Å². The van der Waals surface area contributed by atoms with E-state index in [9.17, 15) is 17.6 Å². The van der Waals surface area contributed by atoms with Crippen molar-refractivity contribution in [2.24, 2.45) is 0 Å². The average Bonchev–Trinajstić information content (AvgIpc) is 2.49. The minimum Gasteiger partial charge on any atom is -0.495 e. The maximum Gasteiger partial charge on any atom is 0.262 e. The van der Waals surface area contributed by atoms with E-state index >= 15 is 0 Å². The molecule has 6 nitrogen and oxygen atoms in total. The second-order valence-corrected chi connectivity index (χ2v) is 6.89. The molecule has 24 heavy (non-hydrogen) atoms. The number of benzene rings is 2. The van der Waals surface area contributed by atoms with E-state index in [0.29, 0.717) is 5.69 Å². The fraction of sp³-hybridized carbons (Fsp3) is 0.133. The van der Waals surface area contributed by atoms with Gasteiger partial charge in [-0.1, -0.05) is 11.6 Å². The highest BCUT2D eigenvalue weighted by atomic mass is 35.5. The van der Waals surface area contributed by atoms with Gasteiger partial charge in [0.15, 0.2) is 0 Å². The van der Waals surface area contributed by atoms with E-state index in [0.717, 1.165) is 6.07 Å². The highest BCUT2D eigenvalue weighted by Gasteiger charge is 2.19. The van der Waals surface area contributed by atoms with Crippen LogP contribution < -0.4 is 14.8 Å². The molecular formula is C15H14ClFN2O4S. The number of halogens is 2. The summed E-state index contributed by atoms with van der Waals surface area (Å²) in [7, 11) is -2.72. The third-order valence-electron chi connectivity index (χ3n) is 2.97. The zero-order chi connectivity index (χ0) is 17.9. The Balaban J connectivity index is 2.36. The van der Waals surface area contributed by atoms with Crippen molar-refractivity contribution in [3.05, 3.63) is 47.2 Å². The van der Waals surface area contributed by atoms with Gasteiger partial charge >= 0.3 is 0 Å². The molecule has 0 saturated heterocycles. The minimum atomic E-state index is -4.05. The van der Waals surface area contributed by atoms with Gasteiger partial charge in [-0.25, -0.2) is 12.8 Å². The van der Waals surface area contributed by atoms with E-state index in [4.69, 9.17) is 16.3 Å². The molecule has 2 N–H and O–H groups in total. The molecule has 0 bridgehead atoms. The molecule has 2 aromatic carbocycles. The predicted molar refractivity (Wildman–Crippen MR) is 89.5 cm³/mol. The van der Waals surface area contributed by atoms with Crippen LogP contribution in [0.25, 0.3) is 0 Å². The van der Waals surface area contributed by atoms with Crippen LogP contribution in [0.4, 0.5) is 15.8 Å². The van der Waals surface area contributed by atoms with Crippen LogP contribution in [0.2, 0.25) is 5.02 Å². The number of hydrogen-bond acceptors (Lipinski definition) is 4. The van der Waals surface area contributed by atoms with Crippen LogP contribution in [0, 0.1) is 5.82 Å². The summed E-state index contributed by atoms with van der Waals surface area (Å²) in [5.41, 5.74) is 0.0888. The van der Waals surface area contributed by atoms with Crippen LogP contribution in [0.1, 0.15) is 6.92 Å². The second-order valence-electron chi connectivity index (χ2n) is 4.77. The monoisotopic (exact) mass is 372 g/mol. The van der Waals surface area contributed by atoms with Crippen molar-refractivity contribution in [2.75, 3.05) is 17.1 Å². The fourth-order valence-electron chi connectivity index (χ4n) is 1.91. The molecule has 0 aliphatic heterocycles. The lowest BCUT2D eigenvalue weighted by molar-refractivity contribution is -0.114. The van der Waals surface area contributed by atoms with Gasteiger partial charge in [-0.3, -0.25) is 9.52 Å². The summed E-state index contributed by atoms with van der Waals surface area (Å²) >= 11 is 5.64. The molecule has 0 fully saturated rings. The zero-order valence-corrected chi connectivity index (χ0v) is 14.3. The van der Waals surface area contributed by atoms with Gasteiger partial charge in [0.25, 0.3) is 10.0 Å². The third-order valence-corrected chi connectivity index (χ3v) is 4.57. The Morgan fingerprint density at radius 1 is 1.17 bits per heavy atom. The van der Waals surface area contributed by atoms with E-state index < -0.39 is 15.8 Å². The normalized spacial score (nSPS) is 11.0. The molecule has 128 valence electrons. The summed E-state index contributed by atoms with van der Waals surface area (Å²) in [6.07, 6.45) is 0. The molecule has 0 aliphatic carbocycles. The lowest BCUT2D eigenvalue weighted by Gasteiger charge is -2.13. The summed E-state index contributed by atoms with van der Waals surface area (Å²) < 4.78 is 45.7. The maximum atomic E-state index is 13.8. The number of methoxy groups -OCH3 is 1. The van der Waals surface area contributed by atoms with Crippen molar-refractivity contribution in [2.45, 2.75) is 11.8 Å². The molecule has 0 unspecified atom stereocenters. The molecule has 2 aromatic rings. The molecule has 0 aromatic heterocycles. The first kappa shape index (κ1) is 18.0. The lowest BCUT2D eigenvalue weighted by Crippen LogP contribution is -2.14. The van der Waals surface area contributed by atoms with Gasteiger partial charge in [0, 0.05) is 18.0 Å². The van der Waals surface area contributed by atoms with E-state index in [1.807, 2.05) is 0 Å². The van der Waals surface area contributed by atoms with Gasteiger partial charge < -0.3 is 10.1 Å². The van der Waals surface area contributed by atoms with E-state index in [2.05, 4.69) is 10.0 Å². The van der Waals surface area contributed by atoms with Crippen molar-refractivity contribution in [1.82, 2.24) is 0 Å². The molecule has 1 amide bonds. The first-order chi connectivity index (χ1) is 11.2. The van der Waals surface area contributed by atoms with Gasteiger partial charge in [-0.05, 0) is 30.3 Å². The van der Waals surface area contributed by atoms with Crippen molar-refractivity contribution in [1.29, 1.82) is 0 Å². The summed E-state index contributed by atoms with van der Waals surface area (Å²) in [4.78, 5) is 11.0. The van der Waals surface area contributed by atoms with Crippen LogP contribution in [0.3, 0.4) is 0 Å². The van der Waals surface area contributed by atoms with Crippen molar-refractivity contribution < 1.29 is 22.3 Å². The van der Waals surface area contributed by atoms with Gasteiger partial charge in [-0.15, -0.1) is 0 Å².